The van der Waals surface area contributed by atoms with E-state index in [9.17, 15) is 19.5 Å². The number of anilines is 2. The molecule has 0 saturated carbocycles. The lowest BCUT2D eigenvalue weighted by Gasteiger charge is -2.11. The van der Waals surface area contributed by atoms with Gasteiger partial charge >= 0.3 is 0 Å². The molecule has 4 aromatic heterocycles. The molecule has 270 valence electrons. The first kappa shape index (κ1) is 35.2. The summed E-state index contributed by atoms with van der Waals surface area (Å²) in [7, 11) is 1.49. The lowest BCUT2D eigenvalue weighted by Crippen LogP contribution is -2.17. The molecule has 17 nitrogen and oxygen atoms in total. The van der Waals surface area contributed by atoms with Crippen LogP contribution in [-0.4, -0.2) is 59.0 Å². The number of nitrogens with two attached hydrogens (primary N) is 2. The van der Waals surface area contributed by atoms with E-state index in [0.717, 1.165) is 5.69 Å². The molecule has 7 N–H and O–H groups in total. The van der Waals surface area contributed by atoms with E-state index in [0.29, 0.717) is 65.4 Å². The average molecular weight is 711 g/mol. The minimum absolute atomic E-state index is 0.0446. The van der Waals surface area contributed by atoms with Gasteiger partial charge in [0.1, 0.15) is 28.3 Å². The smallest absolute Gasteiger partial charge is 0.295 e. The molecule has 0 aliphatic heterocycles. The van der Waals surface area contributed by atoms with Gasteiger partial charge in [-0.3, -0.25) is 19.7 Å². The number of carbonyl (C=O) groups excluding carboxylic acids is 3. The van der Waals surface area contributed by atoms with Crippen molar-refractivity contribution in [1.82, 2.24) is 29.1 Å². The van der Waals surface area contributed by atoms with Crippen molar-refractivity contribution in [3.63, 3.8) is 0 Å². The summed E-state index contributed by atoms with van der Waals surface area (Å²) in [6.07, 6.45) is 4.81. The molecule has 2 aromatic carbocycles. The van der Waals surface area contributed by atoms with Crippen molar-refractivity contribution < 1.29 is 33.1 Å². The molecule has 0 unspecified atom stereocenters. The van der Waals surface area contributed by atoms with Gasteiger partial charge in [-0.1, -0.05) is 26.0 Å². The van der Waals surface area contributed by atoms with E-state index in [1.165, 1.54) is 19.2 Å². The summed E-state index contributed by atoms with van der Waals surface area (Å²) in [5.74, 6) is 0.338. The van der Waals surface area contributed by atoms with Gasteiger partial charge in [0.2, 0.25) is 29.5 Å². The number of hydrogen-bond acceptors (Lipinski definition) is 12. The van der Waals surface area contributed by atoms with E-state index < -0.39 is 17.7 Å². The predicted molar refractivity (Wildman–Crippen MR) is 190 cm³/mol. The Balaban J connectivity index is 1.36. The van der Waals surface area contributed by atoms with Gasteiger partial charge in [-0.15, -0.1) is 0 Å². The molecule has 0 bridgehead atoms. The van der Waals surface area contributed by atoms with E-state index >= 15 is 0 Å². The Kier molecular flexibility index (Phi) is 9.67. The first-order valence-electron chi connectivity index (χ1n) is 16.4. The topological polar surface area (TPSA) is 244 Å². The highest BCUT2D eigenvalue weighted by Crippen LogP contribution is 2.32. The standard InChI is InChI=1S/C35H38N10O7/c1-6-21-27(51-17(3)39-21)16-38-34-41-24-13-20(32(37)48)15-26(50-5)29(24)45(34)11-9-8-10-44-28-23(12-19(31(36)47)14-25(28)46)42-35(44)43-33(49)30-22(7-2)40-18(4)52-30/h8-9,12-15,46H,6-7,10-11,16H2,1-5H3,(H2,36,47)(H2,37,48)(H,38,41)(H,42,43,49)/b9-8+. The van der Waals surface area contributed by atoms with Crippen LogP contribution in [0.15, 0.2) is 45.3 Å². The Bertz CT molecular complexity index is 2380. The van der Waals surface area contributed by atoms with Crippen LogP contribution in [0.2, 0.25) is 0 Å². The molecular weight excluding hydrogens is 672 g/mol. The Labute approximate surface area is 296 Å². The fourth-order valence-electron chi connectivity index (χ4n) is 5.99. The van der Waals surface area contributed by atoms with Crippen LogP contribution in [0.5, 0.6) is 11.5 Å². The van der Waals surface area contributed by atoms with Crippen molar-refractivity contribution >= 4 is 51.7 Å². The summed E-state index contributed by atoms with van der Waals surface area (Å²) >= 11 is 0. The number of imidazole rings is 2. The summed E-state index contributed by atoms with van der Waals surface area (Å²) in [6.45, 7) is 7.97. The second kappa shape index (κ2) is 14.3. The van der Waals surface area contributed by atoms with Crippen LogP contribution in [0.1, 0.15) is 74.0 Å². The van der Waals surface area contributed by atoms with E-state index in [1.807, 2.05) is 30.6 Å². The molecule has 0 radical (unpaired) electrons. The number of primary amides is 2. The number of aromatic hydroxyl groups is 1. The van der Waals surface area contributed by atoms with Crippen molar-refractivity contribution in [3.05, 3.63) is 82.2 Å². The molecule has 0 atom stereocenters. The number of fused-ring (bicyclic) bond motifs is 2. The number of allylic oxidation sites excluding steroid dienone is 2. The van der Waals surface area contributed by atoms with E-state index in [2.05, 4.69) is 25.6 Å². The number of rotatable bonds is 14. The number of amides is 3. The third-order valence-corrected chi connectivity index (χ3v) is 8.36. The second-order valence-corrected chi connectivity index (χ2v) is 11.8. The van der Waals surface area contributed by atoms with E-state index in [4.69, 9.17) is 30.0 Å². The summed E-state index contributed by atoms with van der Waals surface area (Å²) in [5, 5.41) is 17.1. The van der Waals surface area contributed by atoms with Crippen LogP contribution in [0.4, 0.5) is 11.9 Å². The molecule has 52 heavy (non-hydrogen) atoms. The Hall–Kier alpha value is -6.65. The molecule has 0 saturated heterocycles. The molecule has 17 heteroatoms. The van der Waals surface area contributed by atoms with Crippen molar-refractivity contribution in [3.8, 4) is 11.5 Å². The quantitative estimate of drug-likeness (QED) is 0.100. The normalized spacial score (nSPS) is 11.6. The number of phenols is 1. The first-order chi connectivity index (χ1) is 24.9. The zero-order valence-corrected chi connectivity index (χ0v) is 29.2. The number of phenolic OH excluding ortho intramolecular Hbond substituents is 1. The maximum atomic E-state index is 13.4. The molecule has 3 amide bonds. The zero-order chi connectivity index (χ0) is 37.3. The number of oxazole rings is 2. The highest BCUT2D eigenvalue weighted by Gasteiger charge is 2.23. The molecule has 0 aliphatic carbocycles. The molecule has 4 heterocycles. The second-order valence-electron chi connectivity index (χ2n) is 11.8. The third kappa shape index (κ3) is 6.75. The van der Waals surface area contributed by atoms with Gasteiger partial charge in [0.25, 0.3) is 5.91 Å². The molecule has 0 aliphatic rings. The van der Waals surface area contributed by atoms with Crippen molar-refractivity contribution in [2.75, 3.05) is 17.7 Å². The van der Waals surface area contributed by atoms with Crippen molar-refractivity contribution in [1.29, 1.82) is 0 Å². The van der Waals surface area contributed by atoms with Crippen molar-refractivity contribution in [2.24, 2.45) is 11.5 Å². The minimum atomic E-state index is -0.748. The van der Waals surface area contributed by atoms with Crippen LogP contribution >= 0.6 is 0 Å². The van der Waals surface area contributed by atoms with E-state index in [-0.39, 0.29) is 52.7 Å². The van der Waals surface area contributed by atoms with Crippen LogP contribution < -0.4 is 26.8 Å². The number of methoxy groups -OCH3 is 1. The van der Waals surface area contributed by atoms with E-state index in [1.54, 1.807) is 30.5 Å². The number of benzene rings is 2. The summed E-state index contributed by atoms with van der Waals surface area (Å²) in [4.78, 5) is 55.4. The zero-order valence-electron chi connectivity index (χ0n) is 29.2. The Morgan fingerprint density at radius 3 is 2.04 bits per heavy atom. The Morgan fingerprint density at radius 2 is 1.40 bits per heavy atom. The van der Waals surface area contributed by atoms with Crippen LogP contribution in [0.3, 0.4) is 0 Å². The fourth-order valence-corrected chi connectivity index (χ4v) is 5.99. The van der Waals surface area contributed by atoms with Gasteiger partial charge in [-0.25, -0.2) is 19.9 Å². The SMILES string of the molecule is CCc1nc(C)oc1CNc1nc2cc(C(N)=O)cc(OC)c2n1C/C=C/Cn1c(NC(=O)c2oc(C)nc2CC)nc2cc(C(N)=O)cc(O)c21. The highest BCUT2D eigenvalue weighted by molar-refractivity contribution is 6.04. The number of nitrogens with one attached hydrogen (secondary N) is 2. The van der Waals surface area contributed by atoms with Crippen molar-refractivity contribution in [2.45, 2.75) is 60.2 Å². The number of aromatic nitrogens is 6. The summed E-state index contributed by atoms with van der Waals surface area (Å²) < 4.78 is 20.5. The third-order valence-electron chi connectivity index (χ3n) is 8.36. The number of hydrogen-bond donors (Lipinski definition) is 5. The average Bonchev–Trinajstić information content (AvgIpc) is 3.87. The lowest BCUT2D eigenvalue weighted by molar-refractivity contribution is 0.0987. The molecule has 6 aromatic rings. The number of ether oxygens (including phenoxy) is 1. The molecule has 0 spiro atoms. The predicted octanol–water partition coefficient (Wildman–Crippen LogP) is 4.14. The molecule has 0 fully saturated rings. The maximum absolute atomic E-state index is 13.4. The van der Waals surface area contributed by atoms with Gasteiger partial charge in [0, 0.05) is 38.1 Å². The molecule has 6 rings (SSSR count). The molecular formula is C35H38N10O7. The van der Waals surface area contributed by atoms with Crippen LogP contribution in [0.25, 0.3) is 22.1 Å². The van der Waals surface area contributed by atoms with Crippen LogP contribution in [-0.2, 0) is 32.5 Å². The van der Waals surface area contributed by atoms with Gasteiger partial charge in [0.15, 0.2) is 11.8 Å². The lowest BCUT2D eigenvalue weighted by atomic mass is 10.1. The van der Waals surface area contributed by atoms with Crippen LogP contribution in [0, 0.1) is 13.8 Å². The maximum Gasteiger partial charge on any atom is 0.295 e. The number of nitrogens with zero attached hydrogens (tertiary/aromatic N) is 6. The fraction of sp³-hybridized carbons (Fsp3) is 0.286. The number of aryl methyl sites for hydroxylation is 4. The highest BCUT2D eigenvalue weighted by atomic mass is 16.5. The largest absolute Gasteiger partial charge is 0.506 e. The number of carbonyl (C=O) groups is 3. The monoisotopic (exact) mass is 710 g/mol. The van der Waals surface area contributed by atoms with Gasteiger partial charge in [-0.2, -0.15) is 0 Å². The minimum Gasteiger partial charge on any atom is -0.506 e. The van der Waals surface area contributed by atoms with Gasteiger partial charge in [0.05, 0.1) is 36.1 Å². The van der Waals surface area contributed by atoms with Gasteiger partial charge in [-0.05, 0) is 37.1 Å². The summed E-state index contributed by atoms with van der Waals surface area (Å²) in [5.41, 5.74) is 14.3. The Morgan fingerprint density at radius 1 is 0.827 bits per heavy atom. The first-order valence-corrected chi connectivity index (χ1v) is 16.4. The summed E-state index contributed by atoms with van der Waals surface area (Å²) in [6, 6.07) is 5.83. The van der Waals surface area contributed by atoms with Gasteiger partial charge < -0.3 is 44.6 Å².